The number of methoxy groups -OCH3 is 1. The molecule has 1 amide bonds. The second-order valence-electron chi connectivity index (χ2n) is 6.68. The third-order valence-corrected chi connectivity index (χ3v) is 5.88. The first-order valence-electron chi connectivity index (χ1n) is 9.31. The van der Waals surface area contributed by atoms with Crippen LogP contribution in [0.5, 0.6) is 5.75 Å². The molecule has 30 heavy (non-hydrogen) atoms. The summed E-state index contributed by atoms with van der Waals surface area (Å²) < 4.78 is 6.48. The zero-order valence-electron chi connectivity index (χ0n) is 16.9. The van der Waals surface area contributed by atoms with Crippen molar-refractivity contribution in [2.75, 3.05) is 7.11 Å². The molecule has 0 radical (unpaired) electrons. The highest BCUT2D eigenvalue weighted by Crippen LogP contribution is 2.22. The van der Waals surface area contributed by atoms with E-state index in [1.165, 1.54) is 22.5 Å². The number of carbonyl (C=O) groups is 1. The molecule has 0 aliphatic rings. The van der Waals surface area contributed by atoms with Crippen molar-refractivity contribution in [3.63, 3.8) is 0 Å². The third-order valence-electron chi connectivity index (χ3n) is 4.44. The standard InChI is InChI=1S/C22H22ClN3O3S/c1-14-7-8-17(12-19(14)23)26-21(27)10-9-20(25-26)30-15(2)22(28)24-13-16-5-4-6-18(11-16)29-3/h4-12,15H,13H2,1-3H3,(H,24,28)/t15-/m1/s1. The maximum Gasteiger partial charge on any atom is 0.271 e. The van der Waals surface area contributed by atoms with Gasteiger partial charge in [-0.1, -0.05) is 41.6 Å². The maximum atomic E-state index is 12.5. The van der Waals surface area contributed by atoms with Gasteiger partial charge in [-0.2, -0.15) is 9.78 Å². The fraction of sp³-hybridized carbons (Fsp3) is 0.227. The van der Waals surface area contributed by atoms with Crippen LogP contribution in [0.25, 0.3) is 5.69 Å². The summed E-state index contributed by atoms with van der Waals surface area (Å²) in [7, 11) is 1.60. The molecule has 0 saturated carbocycles. The van der Waals surface area contributed by atoms with E-state index in [1.54, 1.807) is 32.2 Å². The molecule has 0 spiro atoms. The van der Waals surface area contributed by atoms with E-state index in [1.807, 2.05) is 37.3 Å². The molecule has 0 fully saturated rings. The van der Waals surface area contributed by atoms with E-state index in [2.05, 4.69) is 10.4 Å². The van der Waals surface area contributed by atoms with Crippen molar-refractivity contribution < 1.29 is 9.53 Å². The van der Waals surface area contributed by atoms with E-state index in [4.69, 9.17) is 16.3 Å². The van der Waals surface area contributed by atoms with Gasteiger partial charge < -0.3 is 10.1 Å². The first kappa shape index (κ1) is 21.9. The first-order valence-corrected chi connectivity index (χ1v) is 10.6. The fourth-order valence-electron chi connectivity index (χ4n) is 2.71. The predicted octanol–water partition coefficient (Wildman–Crippen LogP) is 4.00. The number of aryl methyl sites for hydroxylation is 1. The number of rotatable bonds is 7. The molecule has 0 unspecified atom stereocenters. The Morgan fingerprint density at radius 2 is 2.03 bits per heavy atom. The van der Waals surface area contributed by atoms with E-state index >= 15 is 0 Å². The van der Waals surface area contributed by atoms with Crippen LogP contribution in [0.15, 0.2) is 64.4 Å². The van der Waals surface area contributed by atoms with Crippen LogP contribution in [0.2, 0.25) is 5.02 Å². The number of carbonyl (C=O) groups excluding carboxylic acids is 1. The Balaban J connectivity index is 1.68. The Morgan fingerprint density at radius 3 is 2.77 bits per heavy atom. The Bertz CT molecular complexity index is 1120. The number of aromatic nitrogens is 2. The van der Waals surface area contributed by atoms with Gasteiger partial charge in [-0.15, -0.1) is 0 Å². The fourth-order valence-corrected chi connectivity index (χ4v) is 3.71. The number of halogens is 1. The van der Waals surface area contributed by atoms with Gasteiger partial charge in [-0.3, -0.25) is 9.59 Å². The number of hydrogen-bond acceptors (Lipinski definition) is 5. The van der Waals surface area contributed by atoms with Crippen LogP contribution >= 0.6 is 23.4 Å². The van der Waals surface area contributed by atoms with Crippen molar-refractivity contribution in [1.29, 1.82) is 0 Å². The summed E-state index contributed by atoms with van der Waals surface area (Å²) in [6.45, 7) is 4.08. The Kier molecular flexibility index (Phi) is 7.18. The number of benzene rings is 2. The van der Waals surface area contributed by atoms with Crippen LogP contribution in [0.1, 0.15) is 18.1 Å². The van der Waals surface area contributed by atoms with Gasteiger partial charge in [0.2, 0.25) is 5.91 Å². The summed E-state index contributed by atoms with van der Waals surface area (Å²) in [6, 6.07) is 15.9. The van der Waals surface area contributed by atoms with Crippen LogP contribution in [-0.2, 0) is 11.3 Å². The molecular formula is C22H22ClN3O3S. The summed E-state index contributed by atoms with van der Waals surface area (Å²) in [5, 5.41) is 8.03. The average molecular weight is 444 g/mol. The molecule has 2 aromatic carbocycles. The largest absolute Gasteiger partial charge is 0.497 e. The lowest BCUT2D eigenvalue weighted by Gasteiger charge is -2.13. The highest BCUT2D eigenvalue weighted by atomic mass is 35.5. The zero-order valence-corrected chi connectivity index (χ0v) is 18.5. The molecule has 1 aromatic heterocycles. The SMILES string of the molecule is COc1cccc(CNC(=O)[C@@H](C)Sc2ccc(=O)n(-c3ccc(C)c(Cl)c3)n2)c1. The van der Waals surface area contributed by atoms with E-state index in [-0.39, 0.29) is 11.5 Å². The molecule has 0 bridgehead atoms. The molecule has 8 heteroatoms. The van der Waals surface area contributed by atoms with Crippen molar-refractivity contribution >= 4 is 29.3 Å². The quantitative estimate of drug-likeness (QED) is 0.559. The van der Waals surface area contributed by atoms with Crippen LogP contribution < -0.4 is 15.6 Å². The van der Waals surface area contributed by atoms with Crippen LogP contribution in [0.3, 0.4) is 0 Å². The van der Waals surface area contributed by atoms with Gasteiger partial charge in [0.25, 0.3) is 5.56 Å². The molecule has 3 rings (SSSR count). The minimum atomic E-state index is -0.393. The molecule has 6 nitrogen and oxygen atoms in total. The number of nitrogens with zero attached hydrogens (tertiary/aromatic N) is 2. The molecule has 0 aliphatic heterocycles. The summed E-state index contributed by atoms with van der Waals surface area (Å²) >= 11 is 7.46. The van der Waals surface area contributed by atoms with Crippen molar-refractivity contribution in [3.8, 4) is 11.4 Å². The minimum Gasteiger partial charge on any atom is -0.497 e. The van der Waals surface area contributed by atoms with Crippen molar-refractivity contribution in [2.45, 2.75) is 30.7 Å². The Hall–Kier alpha value is -2.77. The topological polar surface area (TPSA) is 73.2 Å². The van der Waals surface area contributed by atoms with Crippen LogP contribution in [-0.4, -0.2) is 28.0 Å². The number of ether oxygens (including phenoxy) is 1. The normalized spacial score (nSPS) is 11.7. The van der Waals surface area contributed by atoms with Gasteiger partial charge in [0, 0.05) is 17.6 Å². The van der Waals surface area contributed by atoms with E-state index < -0.39 is 5.25 Å². The molecule has 1 atom stereocenters. The second kappa shape index (κ2) is 9.82. The average Bonchev–Trinajstić information content (AvgIpc) is 2.75. The number of hydrogen-bond donors (Lipinski definition) is 1. The van der Waals surface area contributed by atoms with Gasteiger partial charge in [0.15, 0.2) is 0 Å². The van der Waals surface area contributed by atoms with E-state index in [0.717, 1.165) is 16.9 Å². The van der Waals surface area contributed by atoms with Gasteiger partial charge in [0.05, 0.1) is 18.0 Å². The molecule has 1 heterocycles. The monoisotopic (exact) mass is 443 g/mol. The summed E-state index contributed by atoms with van der Waals surface area (Å²) in [4.78, 5) is 24.8. The van der Waals surface area contributed by atoms with Gasteiger partial charge in [0.1, 0.15) is 10.8 Å². The lowest BCUT2D eigenvalue weighted by atomic mass is 10.2. The van der Waals surface area contributed by atoms with Gasteiger partial charge in [-0.05, 0) is 55.3 Å². The Labute approximate surface area is 184 Å². The van der Waals surface area contributed by atoms with E-state index in [0.29, 0.717) is 22.3 Å². The molecule has 1 N–H and O–H groups in total. The molecule has 156 valence electrons. The number of thioether (sulfide) groups is 1. The zero-order chi connectivity index (χ0) is 21.7. The number of amides is 1. The van der Waals surface area contributed by atoms with Crippen molar-refractivity contribution in [3.05, 3.63) is 81.1 Å². The van der Waals surface area contributed by atoms with Crippen molar-refractivity contribution in [2.24, 2.45) is 0 Å². The van der Waals surface area contributed by atoms with Crippen LogP contribution in [0, 0.1) is 6.92 Å². The van der Waals surface area contributed by atoms with Crippen LogP contribution in [0.4, 0.5) is 0 Å². The second-order valence-corrected chi connectivity index (χ2v) is 8.45. The Morgan fingerprint density at radius 1 is 1.23 bits per heavy atom. The predicted molar refractivity (Wildman–Crippen MR) is 120 cm³/mol. The molecule has 3 aromatic rings. The third kappa shape index (κ3) is 5.43. The lowest BCUT2D eigenvalue weighted by molar-refractivity contribution is -0.120. The highest BCUT2D eigenvalue weighted by molar-refractivity contribution is 8.00. The van der Waals surface area contributed by atoms with Gasteiger partial charge >= 0.3 is 0 Å². The molecule has 0 aliphatic carbocycles. The summed E-state index contributed by atoms with van der Waals surface area (Å²) in [5.74, 6) is 0.618. The van der Waals surface area contributed by atoms with E-state index in [9.17, 15) is 9.59 Å². The summed E-state index contributed by atoms with van der Waals surface area (Å²) in [5.41, 5.74) is 2.17. The molecular weight excluding hydrogens is 422 g/mol. The lowest BCUT2D eigenvalue weighted by Crippen LogP contribution is -2.30. The van der Waals surface area contributed by atoms with Gasteiger partial charge in [-0.25, -0.2) is 0 Å². The summed E-state index contributed by atoms with van der Waals surface area (Å²) in [6.07, 6.45) is 0. The molecule has 0 saturated heterocycles. The maximum absolute atomic E-state index is 12.5. The smallest absolute Gasteiger partial charge is 0.271 e. The van der Waals surface area contributed by atoms with Crippen molar-refractivity contribution in [1.82, 2.24) is 15.1 Å². The highest BCUT2D eigenvalue weighted by Gasteiger charge is 2.16. The first-order chi connectivity index (χ1) is 14.4. The minimum absolute atomic E-state index is 0.124. The number of nitrogens with one attached hydrogen (secondary N) is 1.